The van der Waals surface area contributed by atoms with Gasteiger partial charge in [0.2, 0.25) is 0 Å². The number of aromatic nitrogens is 8. The second kappa shape index (κ2) is 5.85. The van der Waals surface area contributed by atoms with Crippen LogP contribution in [0.3, 0.4) is 0 Å². The van der Waals surface area contributed by atoms with Crippen LogP contribution in [0, 0.1) is 20.4 Å². The molecule has 0 N–H and O–H groups in total. The molecule has 0 aromatic carbocycles. The zero-order valence-electron chi connectivity index (χ0n) is 14.2. The van der Waals surface area contributed by atoms with Crippen LogP contribution >= 0.6 is 0 Å². The predicted molar refractivity (Wildman–Crippen MR) is 91.0 cm³/mol. The highest BCUT2D eigenvalue weighted by Gasteiger charge is 2.17. The molecule has 128 valence electrons. The lowest BCUT2D eigenvalue weighted by atomic mass is 10.4. The van der Waals surface area contributed by atoms with Crippen LogP contribution in [0.15, 0.2) is 34.9 Å². The zero-order chi connectivity index (χ0) is 18.3. The summed E-state index contributed by atoms with van der Waals surface area (Å²) in [6.45, 7) is 11.0. The number of aryl methyl sites for hydroxylation is 3. The molecule has 0 amide bonds. The van der Waals surface area contributed by atoms with Crippen molar-refractivity contribution < 1.29 is 0 Å². The average Bonchev–Trinajstić information content (AvgIpc) is 3.28. The van der Waals surface area contributed by atoms with Crippen LogP contribution in [0.1, 0.15) is 11.5 Å². The van der Waals surface area contributed by atoms with E-state index < -0.39 is 0 Å². The maximum atomic E-state index is 7.32. The second-order valence-electron chi connectivity index (χ2n) is 5.47. The van der Waals surface area contributed by atoms with Crippen molar-refractivity contribution in [2.24, 2.45) is 17.3 Å². The van der Waals surface area contributed by atoms with Crippen LogP contribution in [0.4, 0.5) is 17.2 Å². The molecule has 0 aliphatic heterocycles. The standard InChI is InChI=1S/C15H13N11/c1-9-12(14-24(4)23-10(2)25(14)22-9)20-21-13-11(16-3)8-19-26(13)15-17-6-5-7-18-15/h5-8H,1-2,4H3. The Balaban J connectivity index is 1.85. The summed E-state index contributed by atoms with van der Waals surface area (Å²) in [5, 5.41) is 21.5. The maximum absolute atomic E-state index is 7.32. The van der Waals surface area contributed by atoms with Gasteiger partial charge in [0.15, 0.2) is 17.2 Å². The van der Waals surface area contributed by atoms with E-state index in [0.29, 0.717) is 17.3 Å². The number of fused-ring (bicyclic) bond motifs is 1. The van der Waals surface area contributed by atoms with E-state index in [1.54, 1.807) is 27.7 Å². The van der Waals surface area contributed by atoms with E-state index in [-0.39, 0.29) is 11.5 Å². The second-order valence-corrected chi connectivity index (χ2v) is 5.47. The van der Waals surface area contributed by atoms with E-state index in [1.165, 1.54) is 10.9 Å². The first-order chi connectivity index (χ1) is 12.6. The fourth-order valence-corrected chi connectivity index (χ4v) is 2.60. The third-order valence-electron chi connectivity index (χ3n) is 3.74. The van der Waals surface area contributed by atoms with Gasteiger partial charge in [0, 0.05) is 19.4 Å². The third-order valence-corrected chi connectivity index (χ3v) is 3.74. The molecule has 0 unspecified atom stereocenters. The van der Waals surface area contributed by atoms with E-state index in [0.717, 1.165) is 11.5 Å². The van der Waals surface area contributed by atoms with Crippen molar-refractivity contribution in [1.82, 2.24) is 39.1 Å². The first kappa shape index (κ1) is 15.6. The molecular weight excluding hydrogens is 334 g/mol. The van der Waals surface area contributed by atoms with Crippen LogP contribution in [0.25, 0.3) is 16.4 Å². The van der Waals surface area contributed by atoms with Gasteiger partial charge in [-0.15, -0.1) is 10.2 Å². The minimum Gasteiger partial charge on any atom is -0.247 e. The van der Waals surface area contributed by atoms with Crippen molar-refractivity contribution >= 4 is 22.8 Å². The van der Waals surface area contributed by atoms with Gasteiger partial charge in [-0.05, 0) is 19.9 Å². The third kappa shape index (κ3) is 2.32. The van der Waals surface area contributed by atoms with Crippen molar-refractivity contribution in [3.8, 4) is 5.95 Å². The molecule has 0 spiro atoms. The van der Waals surface area contributed by atoms with Gasteiger partial charge in [-0.3, -0.25) is 0 Å². The van der Waals surface area contributed by atoms with Gasteiger partial charge >= 0.3 is 0 Å². The summed E-state index contributed by atoms with van der Waals surface area (Å²) >= 11 is 0. The summed E-state index contributed by atoms with van der Waals surface area (Å²) in [5.74, 6) is 1.31. The highest BCUT2D eigenvalue weighted by atomic mass is 15.5. The first-order valence-electron chi connectivity index (χ1n) is 7.63. The van der Waals surface area contributed by atoms with E-state index >= 15 is 0 Å². The summed E-state index contributed by atoms with van der Waals surface area (Å²) in [7, 11) is 1.81. The number of hydrogen-bond acceptors (Lipinski definition) is 7. The fourth-order valence-electron chi connectivity index (χ4n) is 2.60. The monoisotopic (exact) mass is 347 g/mol. The lowest BCUT2D eigenvalue weighted by Crippen LogP contribution is -2.00. The summed E-state index contributed by atoms with van der Waals surface area (Å²) < 4.78 is 4.77. The molecule has 4 aromatic rings. The first-order valence-corrected chi connectivity index (χ1v) is 7.63. The van der Waals surface area contributed by atoms with Crippen molar-refractivity contribution in [2.45, 2.75) is 13.8 Å². The van der Waals surface area contributed by atoms with Crippen LogP contribution < -0.4 is 0 Å². The van der Waals surface area contributed by atoms with E-state index in [4.69, 9.17) is 6.57 Å². The van der Waals surface area contributed by atoms with Crippen molar-refractivity contribution in [2.75, 3.05) is 0 Å². The number of hydrogen-bond donors (Lipinski definition) is 0. The molecular formula is C15H13N11. The van der Waals surface area contributed by atoms with Crippen molar-refractivity contribution in [3.05, 3.63) is 47.6 Å². The smallest absolute Gasteiger partial charge is 0.247 e. The molecule has 0 fully saturated rings. The van der Waals surface area contributed by atoms with Crippen molar-refractivity contribution in [3.63, 3.8) is 0 Å². The molecule has 4 heterocycles. The highest BCUT2D eigenvalue weighted by molar-refractivity contribution is 5.68. The van der Waals surface area contributed by atoms with Crippen LogP contribution in [-0.4, -0.2) is 39.1 Å². The van der Waals surface area contributed by atoms with Gasteiger partial charge in [0.05, 0.1) is 18.5 Å². The molecule has 0 aliphatic rings. The lowest BCUT2D eigenvalue weighted by Gasteiger charge is -2.01. The van der Waals surface area contributed by atoms with Crippen LogP contribution in [0.5, 0.6) is 0 Å². The highest BCUT2D eigenvalue weighted by Crippen LogP contribution is 2.33. The predicted octanol–water partition coefficient (Wildman–Crippen LogP) is 2.63. The minimum absolute atomic E-state index is 0.253. The topological polar surface area (TPSA) is 108 Å². The molecule has 4 rings (SSSR count). The maximum Gasteiger partial charge on any atom is 0.252 e. The molecule has 11 heteroatoms. The molecule has 0 aliphatic carbocycles. The van der Waals surface area contributed by atoms with E-state index in [2.05, 4.69) is 40.3 Å². The Morgan fingerprint density at radius 1 is 1.12 bits per heavy atom. The van der Waals surface area contributed by atoms with Crippen LogP contribution in [-0.2, 0) is 7.05 Å². The molecule has 4 aromatic heterocycles. The average molecular weight is 347 g/mol. The van der Waals surface area contributed by atoms with E-state index in [9.17, 15) is 0 Å². The molecule has 0 saturated carbocycles. The molecule has 0 radical (unpaired) electrons. The molecule has 11 nitrogen and oxygen atoms in total. The van der Waals surface area contributed by atoms with Gasteiger partial charge in [-0.25, -0.2) is 19.5 Å². The molecule has 0 bridgehead atoms. The Morgan fingerprint density at radius 2 is 1.88 bits per heavy atom. The van der Waals surface area contributed by atoms with Gasteiger partial charge in [-0.2, -0.15) is 24.5 Å². The number of rotatable bonds is 3. The molecule has 0 atom stereocenters. The lowest BCUT2D eigenvalue weighted by molar-refractivity contribution is 0.777. The fraction of sp³-hybridized carbons (Fsp3) is 0.200. The van der Waals surface area contributed by atoms with Crippen LogP contribution in [0.2, 0.25) is 0 Å². The summed E-state index contributed by atoms with van der Waals surface area (Å²) in [4.78, 5) is 11.7. The largest absolute Gasteiger partial charge is 0.252 e. The Bertz CT molecular complexity index is 1170. The van der Waals surface area contributed by atoms with Crippen molar-refractivity contribution in [1.29, 1.82) is 0 Å². The Labute approximate surface area is 147 Å². The summed E-state index contributed by atoms with van der Waals surface area (Å²) in [6.07, 6.45) is 4.59. The summed E-state index contributed by atoms with van der Waals surface area (Å²) in [5.41, 5.74) is 2.25. The number of azo groups is 1. The van der Waals surface area contributed by atoms with Gasteiger partial charge in [-0.1, -0.05) is 0 Å². The zero-order valence-corrected chi connectivity index (χ0v) is 14.2. The Hall–Kier alpha value is -3.94. The Kier molecular flexibility index (Phi) is 3.51. The van der Waals surface area contributed by atoms with Gasteiger partial charge in [0.25, 0.3) is 11.6 Å². The van der Waals surface area contributed by atoms with E-state index in [1.807, 2.05) is 20.9 Å². The normalized spacial score (nSPS) is 11.5. The van der Waals surface area contributed by atoms with Gasteiger partial charge < -0.3 is 0 Å². The van der Waals surface area contributed by atoms with Gasteiger partial charge in [0.1, 0.15) is 5.82 Å². The SMILES string of the molecule is [C-]#[N+]c1cnn(-c2ncccn2)c1N=Nc1c(C)nn2c(C)nn(C)c12. The number of nitrogens with zero attached hydrogens (tertiary/aromatic N) is 11. The summed E-state index contributed by atoms with van der Waals surface area (Å²) in [6, 6.07) is 1.70. The minimum atomic E-state index is 0.253. The quantitative estimate of drug-likeness (QED) is 0.418. The molecule has 26 heavy (non-hydrogen) atoms. The molecule has 0 saturated heterocycles. The Morgan fingerprint density at radius 3 is 2.62 bits per heavy atom.